The lowest BCUT2D eigenvalue weighted by molar-refractivity contribution is 0.264. The van der Waals surface area contributed by atoms with Crippen LogP contribution < -0.4 is 10.6 Å². The largest absolute Gasteiger partial charge is 0.384 e. The average molecular weight is 231 g/mol. The Morgan fingerprint density at radius 1 is 1.29 bits per heavy atom. The SMILES string of the molecule is CN1CCC(Nc2ccc3c(c2)NCC3)CC1. The number of fused-ring (bicyclic) bond motifs is 1. The fourth-order valence-electron chi connectivity index (χ4n) is 2.77. The summed E-state index contributed by atoms with van der Waals surface area (Å²) in [5.41, 5.74) is 4.05. The highest BCUT2D eigenvalue weighted by atomic mass is 15.1. The summed E-state index contributed by atoms with van der Waals surface area (Å²) >= 11 is 0. The van der Waals surface area contributed by atoms with Crippen molar-refractivity contribution in [3.8, 4) is 0 Å². The molecule has 3 nitrogen and oxygen atoms in total. The Labute approximate surface area is 103 Å². The van der Waals surface area contributed by atoms with Gasteiger partial charge in [0.05, 0.1) is 0 Å². The fraction of sp³-hybridized carbons (Fsp3) is 0.571. The van der Waals surface area contributed by atoms with E-state index in [9.17, 15) is 0 Å². The van der Waals surface area contributed by atoms with E-state index in [1.807, 2.05) is 0 Å². The van der Waals surface area contributed by atoms with Crippen LogP contribution in [0.2, 0.25) is 0 Å². The van der Waals surface area contributed by atoms with Crippen LogP contribution in [0.5, 0.6) is 0 Å². The molecule has 0 atom stereocenters. The molecule has 3 heteroatoms. The molecule has 1 aromatic carbocycles. The molecule has 17 heavy (non-hydrogen) atoms. The summed E-state index contributed by atoms with van der Waals surface area (Å²) in [7, 11) is 2.20. The minimum atomic E-state index is 0.644. The molecule has 0 bridgehead atoms. The summed E-state index contributed by atoms with van der Waals surface area (Å²) < 4.78 is 0. The molecule has 3 rings (SSSR count). The van der Waals surface area contributed by atoms with E-state index < -0.39 is 0 Å². The molecule has 0 radical (unpaired) electrons. The number of anilines is 2. The first-order chi connectivity index (χ1) is 8.31. The van der Waals surface area contributed by atoms with Crippen molar-refractivity contribution >= 4 is 11.4 Å². The molecule has 2 heterocycles. The monoisotopic (exact) mass is 231 g/mol. The van der Waals surface area contributed by atoms with Gasteiger partial charge in [-0.15, -0.1) is 0 Å². The van der Waals surface area contributed by atoms with E-state index in [0.29, 0.717) is 6.04 Å². The fourth-order valence-corrected chi connectivity index (χ4v) is 2.77. The van der Waals surface area contributed by atoms with E-state index >= 15 is 0 Å². The maximum Gasteiger partial charge on any atom is 0.0394 e. The Morgan fingerprint density at radius 3 is 2.94 bits per heavy atom. The Morgan fingerprint density at radius 2 is 2.12 bits per heavy atom. The molecule has 0 amide bonds. The lowest BCUT2D eigenvalue weighted by Gasteiger charge is -2.30. The third kappa shape index (κ3) is 2.39. The Kier molecular flexibility index (Phi) is 2.93. The molecule has 92 valence electrons. The topological polar surface area (TPSA) is 27.3 Å². The van der Waals surface area contributed by atoms with Crippen LogP contribution in [0.25, 0.3) is 0 Å². The zero-order chi connectivity index (χ0) is 11.7. The maximum atomic E-state index is 3.66. The van der Waals surface area contributed by atoms with Gasteiger partial charge in [0.2, 0.25) is 0 Å². The highest BCUT2D eigenvalue weighted by molar-refractivity contribution is 5.64. The van der Waals surface area contributed by atoms with Gasteiger partial charge in [-0.3, -0.25) is 0 Å². The van der Waals surface area contributed by atoms with Crippen molar-refractivity contribution < 1.29 is 0 Å². The van der Waals surface area contributed by atoms with E-state index in [0.717, 1.165) is 6.54 Å². The lowest BCUT2D eigenvalue weighted by Crippen LogP contribution is -2.36. The molecule has 0 saturated carbocycles. The quantitative estimate of drug-likeness (QED) is 0.817. The molecule has 1 aromatic rings. The molecule has 1 fully saturated rings. The summed E-state index contributed by atoms with van der Waals surface area (Å²) in [5.74, 6) is 0. The summed E-state index contributed by atoms with van der Waals surface area (Å²) in [6.07, 6.45) is 3.67. The van der Waals surface area contributed by atoms with Crippen molar-refractivity contribution in [2.45, 2.75) is 25.3 Å². The number of nitrogens with zero attached hydrogens (tertiary/aromatic N) is 1. The number of piperidine rings is 1. The van der Waals surface area contributed by atoms with Crippen molar-refractivity contribution in [2.75, 3.05) is 37.3 Å². The number of hydrogen-bond donors (Lipinski definition) is 2. The van der Waals surface area contributed by atoms with E-state index in [-0.39, 0.29) is 0 Å². The highest BCUT2D eigenvalue weighted by Crippen LogP contribution is 2.26. The van der Waals surface area contributed by atoms with E-state index in [4.69, 9.17) is 0 Å². The van der Waals surface area contributed by atoms with Crippen molar-refractivity contribution in [3.05, 3.63) is 23.8 Å². The third-order valence-electron chi connectivity index (χ3n) is 3.91. The van der Waals surface area contributed by atoms with Crippen molar-refractivity contribution in [1.82, 2.24) is 4.90 Å². The molecule has 2 N–H and O–H groups in total. The average Bonchev–Trinajstić information content (AvgIpc) is 2.79. The smallest absolute Gasteiger partial charge is 0.0394 e. The standard InChI is InChI=1S/C14H21N3/c1-17-8-5-12(6-9-17)16-13-3-2-11-4-7-15-14(11)10-13/h2-3,10,12,15-16H,4-9H2,1H3. The van der Waals surface area contributed by atoms with Crippen LogP contribution in [-0.4, -0.2) is 37.6 Å². The molecule has 0 aromatic heterocycles. The lowest BCUT2D eigenvalue weighted by atomic mass is 10.0. The van der Waals surface area contributed by atoms with Gasteiger partial charge in [0.25, 0.3) is 0 Å². The number of rotatable bonds is 2. The first kappa shape index (κ1) is 10.9. The number of likely N-dealkylation sites (tertiary alicyclic amines) is 1. The van der Waals surface area contributed by atoms with Crippen LogP contribution in [0.1, 0.15) is 18.4 Å². The summed E-state index contributed by atoms with van der Waals surface area (Å²) in [4.78, 5) is 2.41. The zero-order valence-electron chi connectivity index (χ0n) is 10.5. The second-order valence-corrected chi connectivity index (χ2v) is 5.27. The molecule has 0 unspecified atom stereocenters. The van der Waals surface area contributed by atoms with Gasteiger partial charge in [0.1, 0.15) is 0 Å². The van der Waals surface area contributed by atoms with E-state index in [1.165, 1.54) is 49.3 Å². The van der Waals surface area contributed by atoms with Gasteiger partial charge in [-0.2, -0.15) is 0 Å². The predicted octanol–water partition coefficient (Wildman–Crippen LogP) is 2.16. The van der Waals surface area contributed by atoms with Crippen molar-refractivity contribution in [2.24, 2.45) is 0 Å². The summed E-state index contributed by atoms with van der Waals surface area (Å²) in [6.45, 7) is 3.51. The minimum Gasteiger partial charge on any atom is -0.384 e. The summed E-state index contributed by atoms with van der Waals surface area (Å²) in [5, 5.41) is 7.10. The van der Waals surface area contributed by atoms with Crippen molar-refractivity contribution in [3.63, 3.8) is 0 Å². The van der Waals surface area contributed by atoms with E-state index in [2.05, 4.69) is 40.8 Å². The predicted molar refractivity (Wildman–Crippen MR) is 72.8 cm³/mol. The minimum absolute atomic E-state index is 0.644. The molecule has 2 aliphatic heterocycles. The molecule has 1 saturated heterocycles. The Bertz CT molecular complexity index is 394. The first-order valence-corrected chi connectivity index (χ1v) is 6.63. The number of hydrogen-bond acceptors (Lipinski definition) is 3. The maximum absolute atomic E-state index is 3.66. The Balaban J connectivity index is 1.65. The second-order valence-electron chi connectivity index (χ2n) is 5.27. The molecule has 0 aliphatic carbocycles. The molecule has 2 aliphatic rings. The van der Waals surface area contributed by atoms with Gasteiger partial charge in [-0.05, 0) is 57.1 Å². The third-order valence-corrected chi connectivity index (χ3v) is 3.91. The van der Waals surface area contributed by atoms with E-state index in [1.54, 1.807) is 0 Å². The number of nitrogens with one attached hydrogen (secondary N) is 2. The van der Waals surface area contributed by atoms with Crippen LogP contribution in [0.4, 0.5) is 11.4 Å². The van der Waals surface area contributed by atoms with Crippen LogP contribution in [0.15, 0.2) is 18.2 Å². The summed E-state index contributed by atoms with van der Waals surface area (Å²) in [6, 6.07) is 7.39. The Hall–Kier alpha value is -1.22. The van der Waals surface area contributed by atoms with Gasteiger partial charge >= 0.3 is 0 Å². The zero-order valence-corrected chi connectivity index (χ0v) is 10.5. The van der Waals surface area contributed by atoms with Gasteiger partial charge in [-0.1, -0.05) is 6.07 Å². The first-order valence-electron chi connectivity index (χ1n) is 6.63. The van der Waals surface area contributed by atoms with Crippen molar-refractivity contribution in [1.29, 1.82) is 0 Å². The molecular weight excluding hydrogens is 210 g/mol. The highest BCUT2D eigenvalue weighted by Gasteiger charge is 2.17. The normalized spacial score (nSPS) is 21.0. The van der Waals surface area contributed by atoms with Gasteiger partial charge in [0.15, 0.2) is 0 Å². The van der Waals surface area contributed by atoms with Crippen LogP contribution >= 0.6 is 0 Å². The van der Waals surface area contributed by atoms with Gasteiger partial charge < -0.3 is 15.5 Å². The van der Waals surface area contributed by atoms with Crippen LogP contribution in [0, 0.1) is 0 Å². The van der Waals surface area contributed by atoms with Crippen LogP contribution in [-0.2, 0) is 6.42 Å². The second kappa shape index (κ2) is 4.57. The van der Waals surface area contributed by atoms with Gasteiger partial charge in [-0.25, -0.2) is 0 Å². The number of benzene rings is 1. The van der Waals surface area contributed by atoms with Crippen LogP contribution in [0.3, 0.4) is 0 Å². The molecular formula is C14H21N3. The van der Waals surface area contributed by atoms with Gasteiger partial charge in [0, 0.05) is 24.0 Å². The molecule has 0 spiro atoms.